The smallest absolute Gasteiger partial charge is 0.238 e. The van der Waals surface area contributed by atoms with Gasteiger partial charge in [-0.2, -0.15) is 0 Å². The van der Waals surface area contributed by atoms with E-state index in [0.29, 0.717) is 12.6 Å². The zero-order valence-electron chi connectivity index (χ0n) is 13.1. The zero-order chi connectivity index (χ0) is 15.5. The van der Waals surface area contributed by atoms with E-state index < -0.39 is 0 Å². The Morgan fingerprint density at radius 1 is 1.32 bits per heavy atom. The fourth-order valence-electron chi connectivity index (χ4n) is 3.49. The number of hydrogen-bond donors (Lipinski definition) is 1. The van der Waals surface area contributed by atoms with Crippen molar-refractivity contribution in [3.05, 3.63) is 29.6 Å². The zero-order valence-corrected chi connectivity index (χ0v) is 13.1. The third-order valence-electron chi connectivity index (χ3n) is 4.68. The number of halogens is 1. The van der Waals surface area contributed by atoms with Crippen LogP contribution in [0, 0.1) is 12.7 Å². The van der Waals surface area contributed by atoms with Crippen molar-refractivity contribution >= 4 is 11.6 Å². The SMILES string of the molecule is Cc1ccc(F)c(NC(=O)CN2CCN3CCCCC3C2)c1. The second-order valence-corrected chi connectivity index (χ2v) is 6.45. The Balaban J connectivity index is 1.54. The maximum absolute atomic E-state index is 13.7. The number of rotatable bonds is 3. The van der Waals surface area contributed by atoms with Crippen LogP contribution < -0.4 is 5.32 Å². The molecule has 4 nitrogen and oxygen atoms in total. The molecule has 5 heteroatoms. The van der Waals surface area contributed by atoms with Crippen LogP contribution in [0.1, 0.15) is 24.8 Å². The number of nitrogens with one attached hydrogen (secondary N) is 1. The highest BCUT2D eigenvalue weighted by Crippen LogP contribution is 2.21. The van der Waals surface area contributed by atoms with Gasteiger partial charge in [-0.05, 0) is 44.0 Å². The highest BCUT2D eigenvalue weighted by molar-refractivity contribution is 5.92. The highest BCUT2D eigenvalue weighted by atomic mass is 19.1. The van der Waals surface area contributed by atoms with Gasteiger partial charge in [-0.25, -0.2) is 4.39 Å². The molecule has 22 heavy (non-hydrogen) atoms. The van der Waals surface area contributed by atoms with Crippen LogP contribution in [-0.2, 0) is 4.79 Å². The molecule has 1 aromatic rings. The molecule has 120 valence electrons. The molecule has 1 unspecified atom stereocenters. The number of benzene rings is 1. The first-order valence-electron chi connectivity index (χ1n) is 8.14. The van der Waals surface area contributed by atoms with Gasteiger partial charge in [0.2, 0.25) is 5.91 Å². The molecule has 2 aliphatic rings. The first-order valence-corrected chi connectivity index (χ1v) is 8.14. The molecule has 1 atom stereocenters. The number of carbonyl (C=O) groups excluding carboxylic acids is 1. The van der Waals surface area contributed by atoms with Crippen molar-refractivity contribution in [2.75, 3.05) is 38.0 Å². The molecule has 0 radical (unpaired) electrons. The van der Waals surface area contributed by atoms with Crippen molar-refractivity contribution in [3.8, 4) is 0 Å². The number of hydrogen-bond acceptors (Lipinski definition) is 3. The number of nitrogens with zero attached hydrogens (tertiary/aromatic N) is 2. The van der Waals surface area contributed by atoms with Crippen molar-refractivity contribution in [1.82, 2.24) is 9.80 Å². The summed E-state index contributed by atoms with van der Waals surface area (Å²) in [4.78, 5) is 16.9. The molecule has 0 spiro atoms. The molecule has 1 aromatic carbocycles. The van der Waals surface area contributed by atoms with Gasteiger partial charge in [-0.15, -0.1) is 0 Å². The van der Waals surface area contributed by atoms with Gasteiger partial charge < -0.3 is 5.32 Å². The van der Waals surface area contributed by atoms with E-state index in [-0.39, 0.29) is 17.4 Å². The summed E-state index contributed by atoms with van der Waals surface area (Å²) in [6.45, 7) is 6.33. The van der Waals surface area contributed by atoms with E-state index in [1.54, 1.807) is 12.1 Å². The molecule has 1 amide bonds. The molecular formula is C17H24FN3O. The number of fused-ring (bicyclic) bond motifs is 1. The average molecular weight is 305 g/mol. The summed E-state index contributed by atoms with van der Waals surface area (Å²) in [6.07, 6.45) is 3.81. The fourth-order valence-corrected chi connectivity index (χ4v) is 3.49. The number of piperazine rings is 1. The van der Waals surface area contributed by atoms with Crippen molar-refractivity contribution in [1.29, 1.82) is 0 Å². The van der Waals surface area contributed by atoms with Crippen LogP contribution in [0.4, 0.5) is 10.1 Å². The van der Waals surface area contributed by atoms with Gasteiger partial charge in [-0.1, -0.05) is 12.5 Å². The average Bonchev–Trinajstić information content (AvgIpc) is 2.51. The normalized spacial score (nSPS) is 23.1. The largest absolute Gasteiger partial charge is 0.322 e. The van der Waals surface area contributed by atoms with Crippen LogP contribution in [0.15, 0.2) is 18.2 Å². The summed E-state index contributed by atoms with van der Waals surface area (Å²) >= 11 is 0. The number of aryl methyl sites for hydroxylation is 1. The monoisotopic (exact) mass is 305 g/mol. The van der Waals surface area contributed by atoms with Crippen LogP contribution in [-0.4, -0.2) is 54.5 Å². The van der Waals surface area contributed by atoms with E-state index in [2.05, 4.69) is 15.1 Å². The van der Waals surface area contributed by atoms with Crippen LogP contribution in [0.3, 0.4) is 0 Å². The van der Waals surface area contributed by atoms with Crippen molar-refractivity contribution in [2.24, 2.45) is 0 Å². The van der Waals surface area contributed by atoms with Crippen molar-refractivity contribution in [2.45, 2.75) is 32.2 Å². The molecule has 0 saturated carbocycles. The van der Waals surface area contributed by atoms with Crippen LogP contribution in [0.2, 0.25) is 0 Å². The summed E-state index contributed by atoms with van der Waals surface area (Å²) < 4.78 is 13.7. The summed E-state index contributed by atoms with van der Waals surface area (Å²) in [5.41, 5.74) is 1.22. The molecular weight excluding hydrogens is 281 g/mol. The topological polar surface area (TPSA) is 35.6 Å². The van der Waals surface area contributed by atoms with Crippen LogP contribution in [0.5, 0.6) is 0 Å². The summed E-state index contributed by atoms with van der Waals surface area (Å²) in [5.74, 6) is -0.509. The van der Waals surface area contributed by atoms with Gasteiger partial charge in [-0.3, -0.25) is 14.6 Å². The van der Waals surface area contributed by atoms with Gasteiger partial charge >= 0.3 is 0 Å². The van der Waals surface area contributed by atoms with Gasteiger partial charge in [0.05, 0.1) is 12.2 Å². The molecule has 2 fully saturated rings. The number of piperidine rings is 1. The Bertz CT molecular complexity index is 549. The quantitative estimate of drug-likeness (QED) is 0.930. The Kier molecular flexibility index (Phi) is 4.74. The van der Waals surface area contributed by atoms with E-state index in [1.807, 2.05) is 6.92 Å². The lowest BCUT2D eigenvalue weighted by Gasteiger charge is -2.43. The van der Waals surface area contributed by atoms with Gasteiger partial charge in [0, 0.05) is 25.7 Å². The standard InChI is InChI=1S/C17H24FN3O/c1-13-5-6-15(18)16(10-13)19-17(22)12-20-8-9-21-7-3-2-4-14(21)11-20/h5-6,10,14H,2-4,7-9,11-12H2,1H3,(H,19,22). The summed E-state index contributed by atoms with van der Waals surface area (Å²) in [5, 5.41) is 2.70. The minimum atomic E-state index is -0.379. The molecule has 0 bridgehead atoms. The van der Waals surface area contributed by atoms with Crippen molar-refractivity contribution < 1.29 is 9.18 Å². The third kappa shape index (κ3) is 3.65. The Morgan fingerprint density at radius 3 is 3.05 bits per heavy atom. The van der Waals surface area contributed by atoms with Crippen LogP contribution in [0.25, 0.3) is 0 Å². The molecule has 3 rings (SSSR count). The fraction of sp³-hybridized carbons (Fsp3) is 0.588. The van der Waals surface area contributed by atoms with E-state index >= 15 is 0 Å². The number of carbonyl (C=O) groups is 1. The molecule has 2 aliphatic heterocycles. The Morgan fingerprint density at radius 2 is 2.18 bits per heavy atom. The van der Waals surface area contributed by atoms with E-state index in [0.717, 1.165) is 25.2 Å². The third-order valence-corrected chi connectivity index (χ3v) is 4.68. The first-order chi connectivity index (χ1) is 10.6. The Labute approximate surface area is 131 Å². The number of amides is 1. The lowest BCUT2D eigenvalue weighted by atomic mass is 9.99. The predicted octanol–water partition coefficient (Wildman–Crippen LogP) is 2.24. The molecule has 2 heterocycles. The maximum atomic E-state index is 13.7. The second-order valence-electron chi connectivity index (χ2n) is 6.45. The minimum absolute atomic E-state index is 0.131. The molecule has 1 N–H and O–H groups in total. The minimum Gasteiger partial charge on any atom is -0.322 e. The van der Waals surface area contributed by atoms with Gasteiger partial charge in [0.15, 0.2) is 0 Å². The first kappa shape index (κ1) is 15.4. The second kappa shape index (κ2) is 6.75. The predicted molar refractivity (Wildman–Crippen MR) is 85.4 cm³/mol. The molecule has 0 aliphatic carbocycles. The lowest BCUT2D eigenvalue weighted by Crippen LogP contribution is -2.55. The Hall–Kier alpha value is -1.46. The van der Waals surface area contributed by atoms with Gasteiger partial charge in [0.1, 0.15) is 5.82 Å². The molecule has 2 saturated heterocycles. The number of anilines is 1. The van der Waals surface area contributed by atoms with Gasteiger partial charge in [0.25, 0.3) is 0 Å². The van der Waals surface area contributed by atoms with E-state index in [9.17, 15) is 9.18 Å². The van der Waals surface area contributed by atoms with E-state index in [4.69, 9.17) is 0 Å². The molecule has 0 aromatic heterocycles. The summed E-state index contributed by atoms with van der Waals surface area (Å²) in [6, 6.07) is 5.36. The lowest BCUT2D eigenvalue weighted by molar-refractivity contribution is -0.118. The van der Waals surface area contributed by atoms with E-state index in [1.165, 1.54) is 31.9 Å². The van der Waals surface area contributed by atoms with Crippen molar-refractivity contribution in [3.63, 3.8) is 0 Å². The summed E-state index contributed by atoms with van der Waals surface area (Å²) in [7, 11) is 0. The maximum Gasteiger partial charge on any atom is 0.238 e. The highest BCUT2D eigenvalue weighted by Gasteiger charge is 2.29. The van der Waals surface area contributed by atoms with Crippen LogP contribution >= 0.6 is 0 Å².